The van der Waals surface area contributed by atoms with Crippen LogP contribution in [0.4, 0.5) is 0 Å². The van der Waals surface area contributed by atoms with Crippen LogP contribution in [0.2, 0.25) is 0 Å². The average Bonchev–Trinajstić information content (AvgIpc) is 3.47. The van der Waals surface area contributed by atoms with Gasteiger partial charge in [0.05, 0.1) is 17.6 Å². The van der Waals surface area contributed by atoms with Crippen molar-refractivity contribution in [2.24, 2.45) is 0 Å². The SMILES string of the molecule is Cc1ccc(C(C)C)c(OCCCCn2c(C3CC(=O)N(CCc4ccccc4)C3)nc3ccccc32)c1. The van der Waals surface area contributed by atoms with E-state index < -0.39 is 0 Å². The number of hydrogen-bond donors (Lipinski definition) is 0. The van der Waals surface area contributed by atoms with Crippen molar-refractivity contribution in [3.63, 3.8) is 0 Å². The number of aromatic nitrogens is 2. The maximum Gasteiger partial charge on any atom is 0.223 e. The van der Waals surface area contributed by atoms with Crippen molar-refractivity contribution in [3.8, 4) is 5.75 Å². The number of carbonyl (C=O) groups excluding carboxylic acids is 1. The number of benzene rings is 3. The molecule has 1 aliphatic heterocycles. The lowest BCUT2D eigenvalue weighted by Gasteiger charge is -2.18. The van der Waals surface area contributed by atoms with Crippen LogP contribution in [0.15, 0.2) is 72.8 Å². The minimum absolute atomic E-state index is 0.128. The molecular formula is C33H39N3O2. The molecule has 0 aliphatic carbocycles. The number of aryl methyl sites for hydroxylation is 2. The summed E-state index contributed by atoms with van der Waals surface area (Å²) < 4.78 is 8.58. The van der Waals surface area contributed by atoms with Gasteiger partial charge in [-0.2, -0.15) is 0 Å². The molecule has 4 aromatic rings. The molecule has 0 radical (unpaired) electrons. The van der Waals surface area contributed by atoms with Gasteiger partial charge in [0.15, 0.2) is 0 Å². The summed E-state index contributed by atoms with van der Waals surface area (Å²) >= 11 is 0. The highest BCUT2D eigenvalue weighted by molar-refractivity contribution is 5.81. The largest absolute Gasteiger partial charge is 0.493 e. The van der Waals surface area contributed by atoms with Crippen molar-refractivity contribution < 1.29 is 9.53 Å². The minimum atomic E-state index is 0.128. The summed E-state index contributed by atoms with van der Waals surface area (Å²) in [6, 6.07) is 25.2. The Morgan fingerprint density at radius 2 is 1.76 bits per heavy atom. The van der Waals surface area contributed by atoms with Crippen LogP contribution in [0.25, 0.3) is 11.0 Å². The number of carbonyl (C=O) groups is 1. The van der Waals surface area contributed by atoms with Crippen LogP contribution in [0, 0.1) is 6.92 Å². The molecule has 1 amide bonds. The van der Waals surface area contributed by atoms with E-state index >= 15 is 0 Å². The molecule has 5 heteroatoms. The Bertz CT molecular complexity index is 1380. The fourth-order valence-corrected chi connectivity index (χ4v) is 5.51. The highest BCUT2D eigenvalue weighted by Gasteiger charge is 2.33. The van der Waals surface area contributed by atoms with Gasteiger partial charge >= 0.3 is 0 Å². The molecule has 1 aromatic heterocycles. The van der Waals surface area contributed by atoms with Crippen molar-refractivity contribution in [1.29, 1.82) is 0 Å². The maximum atomic E-state index is 12.9. The van der Waals surface area contributed by atoms with Crippen molar-refractivity contribution in [2.45, 2.75) is 64.8 Å². The van der Waals surface area contributed by atoms with Crippen LogP contribution < -0.4 is 4.74 Å². The van der Waals surface area contributed by atoms with Crippen LogP contribution in [-0.2, 0) is 17.8 Å². The molecule has 0 spiro atoms. The molecule has 1 unspecified atom stereocenters. The summed E-state index contributed by atoms with van der Waals surface area (Å²) in [5.74, 6) is 2.85. The Balaban J connectivity index is 1.23. The lowest BCUT2D eigenvalue weighted by molar-refractivity contribution is -0.127. The normalized spacial score (nSPS) is 15.6. The van der Waals surface area contributed by atoms with Gasteiger partial charge in [0, 0.05) is 32.0 Å². The molecule has 198 valence electrons. The third-order valence-electron chi connectivity index (χ3n) is 7.60. The number of fused-ring (bicyclic) bond motifs is 1. The van der Waals surface area contributed by atoms with E-state index in [2.05, 4.69) is 86.0 Å². The topological polar surface area (TPSA) is 47.4 Å². The van der Waals surface area contributed by atoms with Gasteiger partial charge in [0.1, 0.15) is 11.6 Å². The van der Waals surface area contributed by atoms with Gasteiger partial charge in [-0.05, 0) is 67.0 Å². The first-order valence-corrected chi connectivity index (χ1v) is 14.0. The molecule has 2 heterocycles. The zero-order valence-electron chi connectivity index (χ0n) is 22.9. The van der Waals surface area contributed by atoms with E-state index in [1.165, 1.54) is 16.7 Å². The predicted molar refractivity (Wildman–Crippen MR) is 154 cm³/mol. The third-order valence-corrected chi connectivity index (χ3v) is 7.60. The summed E-state index contributed by atoms with van der Waals surface area (Å²) in [5.41, 5.74) is 5.92. The second-order valence-electron chi connectivity index (χ2n) is 10.8. The molecule has 1 saturated heterocycles. The van der Waals surface area contributed by atoms with E-state index in [1.54, 1.807) is 0 Å². The zero-order chi connectivity index (χ0) is 26.5. The minimum Gasteiger partial charge on any atom is -0.493 e. The first-order chi connectivity index (χ1) is 18.5. The fourth-order valence-electron chi connectivity index (χ4n) is 5.51. The molecule has 3 aromatic carbocycles. The van der Waals surface area contributed by atoms with Gasteiger partial charge in [-0.1, -0.05) is 68.4 Å². The van der Waals surface area contributed by atoms with Gasteiger partial charge < -0.3 is 14.2 Å². The smallest absolute Gasteiger partial charge is 0.223 e. The standard InChI is InChI=1S/C33H39N3O2/c1-24(2)28-16-15-25(3)21-31(28)38-20-10-9-18-36-30-14-8-7-13-29(30)34-33(36)27-22-32(37)35(23-27)19-17-26-11-5-4-6-12-26/h4-8,11-16,21,24,27H,9-10,17-20,22-23H2,1-3H3. The Morgan fingerprint density at radius 1 is 0.974 bits per heavy atom. The molecule has 0 saturated carbocycles. The van der Waals surface area contributed by atoms with Crippen LogP contribution >= 0.6 is 0 Å². The molecule has 1 atom stereocenters. The molecule has 38 heavy (non-hydrogen) atoms. The number of hydrogen-bond acceptors (Lipinski definition) is 3. The zero-order valence-corrected chi connectivity index (χ0v) is 22.9. The quantitative estimate of drug-likeness (QED) is 0.207. The Kier molecular flexibility index (Phi) is 8.11. The Hall–Kier alpha value is -3.60. The number of imidazole rings is 1. The number of para-hydroxylation sites is 2. The van der Waals surface area contributed by atoms with Gasteiger partial charge in [0.25, 0.3) is 0 Å². The van der Waals surface area contributed by atoms with Gasteiger partial charge in [-0.25, -0.2) is 4.98 Å². The van der Waals surface area contributed by atoms with E-state index in [1.807, 2.05) is 17.0 Å². The number of unbranched alkanes of at least 4 members (excludes halogenated alkanes) is 1. The second kappa shape index (κ2) is 11.8. The number of ether oxygens (including phenoxy) is 1. The van der Waals surface area contributed by atoms with Crippen molar-refractivity contribution in [2.75, 3.05) is 19.7 Å². The lowest BCUT2D eigenvalue weighted by Crippen LogP contribution is -2.27. The maximum absolute atomic E-state index is 12.9. The molecule has 1 aliphatic rings. The summed E-state index contributed by atoms with van der Waals surface area (Å²) in [4.78, 5) is 20.0. The second-order valence-corrected chi connectivity index (χ2v) is 10.8. The van der Waals surface area contributed by atoms with E-state index in [4.69, 9.17) is 9.72 Å². The summed E-state index contributed by atoms with van der Waals surface area (Å²) in [5, 5.41) is 0. The highest BCUT2D eigenvalue weighted by Crippen LogP contribution is 2.31. The highest BCUT2D eigenvalue weighted by atomic mass is 16.5. The summed E-state index contributed by atoms with van der Waals surface area (Å²) in [6.45, 7) is 9.59. The first-order valence-electron chi connectivity index (χ1n) is 14.0. The van der Waals surface area contributed by atoms with Crippen LogP contribution in [0.1, 0.15) is 67.5 Å². The van der Waals surface area contributed by atoms with E-state index in [0.717, 1.165) is 61.5 Å². The fraction of sp³-hybridized carbons (Fsp3) is 0.394. The molecule has 5 nitrogen and oxygen atoms in total. The molecular weight excluding hydrogens is 470 g/mol. The summed E-state index contributed by atoms with van der Waals surface area (Å²) in [6.07, 6.45) is 3.38. The van der Waals surface area contributed by atoms with Gasteiger partial charge in [-0.3, -0.25) is 4.79 Å². The number of nitrogens with zero attached hydrogens (tertiary/aromatic N) is 3. The van der Waals surface area contributed by atoms with Gasteiger partial charge in [0.2, 0.25) is 5.91 Å². The number of amides is 1. The Morgan fingerprint density at radius 3 is 2.58 bits per heavy atom. The van der Waals surface area contributed by atoms with Gasteiger partial charge in [-0.15, -0.1) is 0 Å². The predicted octanol–water partition coefficient (Wildman–Crippen LogP) is 6.89. The van der Waals surface area contributed by atoms with E-state index in [-0.39, 0.29) is 11.8 Å². The average molecular weight is 510 g/mol. The van der Waals surface area contributed by atoms with Crippen molar-refractivity contribution >= 4 is 16.9 Å². The van der Waals surface area contributed by atoms with Crippen molar-refractivity contribution in [1.82, 2.24) is 14.5 Å². The van der Waals surface area contributed by atoms with E-state index in [0.29, 0.717) is 18.9 Å². The van der Waals surface area contributed by atoms with Crippen LogP contribution in [0.3, 0.4) is 0 Å². The van der Waals surface area contributed by atoms with Crippen LogP contribution in [-0.4, -0.2) is 40.1 Å². The molecule has 0 bridgehead atoms. The van der Waals surface area contributed by atoms with E-state index in [9.17, 15) is 4.79 Å². The third kappa shape index (κ3) is 5.93. The van der Waals surface area contributed by atoms with Crippen molar-refractivity contribution in [3.05, 3.63) is 95.3 Å². The monoisotopic (exact) mass is 509 g/mol. The molecule has 5 rings (SSSR count). The molecule has 1 fully saturated rings. The lowest BCUT2D eigenvalue weighted by atomic mass is 10.0. The first kappa shape index (κ1) is 26.0. The number of rotatable bonds is 11. The Labute approximate surface area is 226 Å². The molecule has 0 N–H and O–H groups in total. The number of likely N-dealkylation sites (tertiary alicyclic amines) is 1. The summed E-state index contributed by atoms with van der Waals surface area (Å²) in [7, 11) is 0. The van der Waals surface area contributed by atoms with Crippen LogP contribution in [0.5, 0.6) is 5.75 Å².